The molecule has 0 spiro atoms. The number of amides is 1. The number of carbonyl (C=O) groups is 1. The molecule has 1 saturated heterocycles. The first-order chi connectivity index (χ1) is 12.1. The van der Waals surface area contributed by atoms with Crippen LogP contribution in [0.3, 0.4) is 0 Å². The summed E-state index contributed by atoms with van der Waals surface area (Å²) in [5, 5.41) is 5.69. The molecule has 1 aliphatic heterocycles. The van der Waals surface area contributed by atoms with Crippen molar-refractivity contribution >= 4 is 38.3 Å². The first-order valence-corrected chi connectivity index (χ1v) is 10.5. The lowest BCUT2D eigenvalue weighted by molar-refractivity contribution is -0.116. The van der Waals surface area contributed by atoms with Crippen LogP contribution in [-0.2, 0) is 17.8 Å². The van der Waals surface area contributed by atoms with E-state index in [2.05, 4.69) is 43.4 Å². The number of anilines is 1. The van der Waals surface area contributed by atoms with Crippen LogP contribution in [0.25, 0.3) is 0 Å². The number of likely N-dealkylation sites (tertiary alicyclic amines) is 1. The summed E-state index contributed by atoms with van der Waals surface area (Å²) in [6, 6.07) is 8.01. The van der Waals surface area contributed by atoms with Gasteiger partial charge in [0, 0.05) is 22.8 Å². The number of hydrogen-bond acceptors (Lipinski definition) is 4. The maximum Gasteiger partial charge on any atom is 0.226 e. The summed E-state index contributed by atoms with van der Waals surface area (Å²) < 4.78 is 1.05. The van der Waals surface area contributed by atoms with Crippen molar-refractivity contribution in [3.8, 4) is 0 Å². The normalized spacial score (nSPS) is 16.1. The molecule has 2 heterocycles. The van der Waals surface area contributed by atoms with E-state index in [1.807, 2.05) is 24.3 Å². The average Bonchev–Trinajstić information content (AvgIpc) is 3.03. The number of thiazole rings is 1. The molecule has 0 radical (unpaired) electrons. The zero-order valence-corrected chi connectivity index (χ0v) is 16.9. The average molecular weight is 422 g/mol. The van der Waals surface area contributed by atoms with Crippen molar-refractivity contribution < 1.29 is 4.79 Å². The molecule has 4 nitrogen and oxygen atoms in total. The van der Waals surface area contributed by atoms with Crippen molar-refractivity contribution in [3.63, 3.8) is 0 Å². The van der Waals surface area contributed by atoms with Crippen molar-refractivity contribution in [1.29, 1.82) is 0 Å². The molecule has 25 heavy (non-hydrogen) atoms. The highest BCUT2D eigenvalue weighted by Gasteiger charge is 2.17. The number of nitrogens with one attached hydrogen (secondary N) is 1. The Morgan fingerprint density at radius 2 is 2.12 bits per heavy atom. The maximum atomic E-state index is 12.2. The summed E-state index contributed by atoms with van der Waals surface area (Å²) in [6.45, 7) is 5.50. The number of aryl methyl sites for hydroxylation is 1. The number of carbonyl (C=O) groups excluding carboxylic acids is 1. The van der Waals surface area contributed by atoms with Gasteiger partial charge < -0.3 is 5.32 Å². The zero-order chi connectivity index (χ0) is 17.6. The molecule has 1 fully saturated rings. The van der Waals surface area contributed by atoms with E-state index in [4.69, 9.17) is 0 Å². The van der Waals surface area contributed by atoms with E-state index in [-0.39, 0.29) is 5.91 Å². The number of hydrogen-bond donors (Lipinski definition) is 1. The molecular weight excluding hydrogens is 398 g/mol. The number of piperidine rings is 1. The minimum absolute atomic E-state index is 0.0171. The third kappa shape index (κ3) is 5.62. The minimum atomic E-state index is 0.0171. The molecule has 2 aromatic rings. The number of nitrogens with zero attached hydrogens (tertiary/aromatic N) is 2. The molecule has 1 aliphatic rings. The van der Waals surface area contributed by atoms with Crippen LogP contribution in [0, 0.1) is 5.92 Å². The van der Waals surface area contributed by atoms with Gasteiger partial charge in [0.15, 0.2) is 5.13 Å². The van der Waals surface area contributed by atoms with E-state index in [1.165, 1.54) is 24.2 Å². The summed E-state index contributed by atoms with van der Waals surface area (Å²) in [4.78, 5) is 19.2. The van der Waals surface area contributed by atoms with Crippen LogP contribution in [0.15, 0.2) is 34.1 Å². The van der Waals surface area contributed by atoms with E-state index in [1.54, 1.807) is 0 Å². The van der Waals surface area contributed by atoms with Gasteiger partial charge in [0.2, 0.25) is 5.91 Å². The third-order valence-corrected chi connectivity index (χ3v) is 6.22. The molecule has 1 aromatic carbocycles. The first-order valence-electron chi connectivity index (χ1n) is 8.80. The van der Waals surface area contributed by atoms with E-state index < -0.39 is 0 Å². The van der Waals surface area contributed by atoms with E-state index >= 15 is 0 Å². The Balaban J connectivity index is 1.46. The fourth-order valence-corrected chi connectivity index (χ4v) is 4.22. The van der Waals surface area contributed by atoms with Gasteiger partial charge in [0.25, 0.3) is 0 Å². The van der Waals surface area contributed by atoms with Gasteiger partial charge in [-0.05, 0) is 49.9 Å². The van der Waals surface area contributed by atoms with Crippen molar-refractivity contribution in [3.05, 3.63) is 45.4 Å². The van der Waals surface area contributed by atoms with E-state index in [9.17, 15) is 4.79 Å². The van der Waals surface area contributed by atoms with Gasteiger partial charge in [-0.3, -0.25) is 9.69 Å². The predicted molar refractivity (Wildman–Crippen MR) is 107 cm³/mol. The molecule has 0 saturated carbocycles. The van der Waals surface area contributed by atoms with Crippen molar-refractivity contribution in [2.24, 2.45) is 5.92 Å². The Hall–Kier alpha value is -1.24. The van der Waals surface area contributed by atoms with Crippen LogP contribution < -0.4 is 5.32 Å². The molecule has 134 valence electrons. The number of benzene rings is 1. The summed E-state index contributed by atoms with van der Waals surface area (Å²) in [5.41, 5.74) is 2.21. The van der Waals surface area contributed by atoms with Crippen molar-refractivity contribution in [2.45, 2.75) is 39.2 Å². The van der Waals surface area contributed by atoms with Crippen LogP contribution in [0.4, 0.5) is 5.13 Å². The lowest BCUT2D eigenvalue weighted by Gasteiger charge is -2.29. The molecule has 1 aromatic heterocycles. The highest BCUT2D eigenvalue weighted by molar-refractivity contribution is 9.10. The fourth-order valence-electron chi connectivity index (χ4n) is 3.02. The summed E-state index contributed by atoms with van der Waals surface area (Å²) >= 11 is 5.03. The Morgan fingerprint density at radius 1 is 1.36 bits per heavy atom. The highest BCUT2D eigenvalue weighted by atomic mass is 79.9. The highest BCUT2D eigenvalue weighted by Crippen LogP contribution is 2.22. The maximum absolute atomic E-state index is 12.2. The van der Waals surface area contributed by atoms with Crippen LogP contribution >= 0.6 is 27.3 Å². The van der Waals surface area contributed by atoms with Gasteiger partial charge in [-0.1, -0.05) is 41.1 Å². The first kappa shape index (κ1) is 18.5. The van der Waals surface area contributed by atoms with Crippen LogP contribution in [0.5, 0.6) is 0 Å². The van der Waals surface area contributed by atoms with Gasteiger partial charge in [-0.25, -0.2) is 4.98 Å². The fraction of sp³-hybridized carbons (Fsp3) is 0.474. The minimum Gasteiger partial charge on any atom is -0.302 e. The largest absolute Gasteiger partial charge is 0.302 e. The summed E-state index contributed by atoms with van der Waals surface area (Å²) in [6.07, 6.45) is 3.71. The predicted octanol–water partition coefficient (Wildman–Crippen LogP) is 4.71. The Morgan fingerprint density at radius 3 is 2.88 bits per heavy atom. The Bertz CT molecular complexity index is 710. The molecule has 0 bridgehead atoms. The van der Waals surface area contributed by atoms with Crippen LogP contribution in [-0.4, -0.2) is 28.9 Å². The Labute approximate surface area is 161 Å². The van der Waals surface area contributed by atoms with E-state index in [0.717, 1.165) is 47.7 Å². The standard InChI is InChI=1S/C19H24BrN3OS/c1-14-8-10-23(11-9-14)12-16-13-25-19(21-16)22-18(24)7-6-15-4-2-3-5-17(15)20/h2-5,13-14H,6-12H2,1H3,(H,21,22,24). The second kappa shape index (κ2) is 8.92. The SMILES string of the molecule is CC1CCN(Cc2csc(NC(=O)CCc3ccccc3Br)n2)CC1. The molecule has 0 aliphatic carbocycles. The van der Waals surface area contributed by atoms with E-state index in [0.29, 0.717) is 11.6 Å². The molecule has 6 heteroatoms. The van der Waals surface area contributed by atoms with Gasteiger partial charge in [-0.2, -0.15) is 0 Å². The molecular formula is C19H24BrN3OS. The molecule has 0 atom stereocenters. The topological polar surface area (TPSA) is 45.2 Å². The summed E-state index contributed by atoms with van der Waals surface area (Å²) in [7, 11) is 0. The molecule has 1 amide bonds. The number of halogens is 1. The molecule has 1 N–H and O–H groups in total. The molecule has 3 rings (SSSR count). The number of aromatic nitrogens is 1. The monoisotopic (exact) mass is 421 g/mol. The van der Waals surface area contributed by atoms with Crippen LogP contribution in [0.2, 0.25) is 0 Å². The second-order valence-corrected chi connectivity index (χ2v) is 8.45. The quantitative estimate of drug-likeness (QED) is 0.734. The zero-order valence-electron chi connectivity index (χ0n) is 14.5. The van der Waals surface area contributed by atoms with Gasteiger partial charge in [-0.15, -0.1) is 11.3 Å². The smallest absolute Gasteiger partial charge is 0.226 e. The van der Waals surface area contributed by atoms with Gasteiger partial charge >= 0.3 is 0 Å². The Kier molecular flexibility index (Phi) is 6.62. The van der Waals surface area contributed by atoms with Gasteiger partial charge in [0.1, 0.15) is 0 Å². The summed E-state index contributed by atoms with van der Waals surface area (Å²) in [5.74, 6) is 0.856. The third-order valence-electron chi connectivity index (χ3n) is 4.64. The van der Waals surface area contributed by atoms with Gasteiger partial charge in [0.05, 0.1) is 5.69 Å². The lowest BCUT2D eigenvalue weighted by Crippen LogP contribution is -2.32. The van der Waals surface area contributed by atoms with Crippen molar-refractivity contribution in [1.82, 2.24) is 9.88 Å². The second-order valence-electron chi connectivity index (χ2n) is 6.74. The lowest BCUT2D eigenvalue weighted by atomic mass is 9.99. The molecule has 0 unspecified atom stereocenters. The van der Waals surface area contributed by atoms with Crippen LogP contribution in [0.1, 0.15) is 37.4 Å². The van der Waals surface area contributed by atoms with Crippen molar-refractivity contribution in [2.75, 3.05) is 18.4 Å². The number of rotatable bonds is 6.